The number of aromatic nitrogens is 5. The van der Waals surface area contributed by atoms with Crippen LogP contribution in [0.4, 0.5) is 0 Å². The van der Waals surface area contributed by atoms with E-state index in [2.05, 4.69) is 25.6 Å². The zero-order chi connectivity index (χ0) is 8.23. The van der Waals surface area contributed by atoms with Gasteiger partial charge in [-0.3, -0.25) is 0 Å². The maximum Gasteiger partial charge on any atom is 0.174 e. The normalized spacial score (nSPS) is 10.3. The van der Waals surface area contributed by atoms with Crippen molar-refractivity contribution in [2.24, 2.45) is 0 Å². The van der Waals surface area contributed by atoms with Crippen molar-refractivity contribution in [2.45, 2.75) is 12.8 Å². The van der Waals surface area contributed by atoms with Crippen LogP contribution in [0.1, 0.15) is 10.8 Å². The fourth-order valence-corrected chi connectivity index (χ4v) is 1.50. The zero-order valence-electron chi connectivity index (χ0n) is 6.27. The van der Waals surface area contributed by atoms with Gasteiger partial charge < -0.3 is 0 Å². The second-order valence-corrected chi connectivity index (χ2v) is 3.23. The Hall–Kier alpha value is -1.30. The Morgan fingerprint density at radius 3 is 3.08 bits per heavy atom. The van der Waals surface area contributed by atoms with Crippen molar-refractivity contribution in [3.63, 3.8) is 0 Å². The molecular formula is C6H7N5S. The molecule has 0 radical (unpaired) electrons. The van der Waals surface area contributed by atoms with Gasteiger partial charge >= 0.3 is 0 Å². The van der Waals surface area contributed by atoms with Crippen LogP contribution in [-0.2, 0) is 12.8 Å². The standard InChI is InChI=1S/C6H7N5S/c1(5-8-10-11-9-5)2-6-7-3-4-12-6/h3-4H,1-2H2,(H,8,9,10,11). The van der Waals surface area contributed by atoms with E-state index in [0.717, 1.165) is 23.7 Å². The summed E-state index contributed by atoms with van der Waals surface area (Å²) in [6.07, 6.45) is 3.48. The van der Waals surface area contributed by atoms with Crippen molar-refractivity contribution >= 4 is 11.3 Å². The smallest absolute Gasteiger partial charge is 0.174 e. The predicted octanol–water partition coefficient (Wildman–Crippen LogP) is 0.441. The van der Waals surface area contributed by atoms with E-state index >= 15 is 0 Å². The number of hydrogen-bond donors (Lipinski definition) is 1. The first-order valence-corrected chi connectivity index (χ1v) is 4.44. The topological polar surface area (TPSA) is 67.3 Å². The Bertz CT molecular complexity index is 279. The van der Waals surface area contributed by atoms with Gasteiger partial charge in [0.05, 0.1) is 5.01 Å². The minimum atomic E-state index is 0.741. The van der Waals surface area contributed by atoms with Crippen molar-refractivity contribution in [3.05, 3.63) is 22.4 Å². The largest absolute Gasteiger partial charge is 0.250 e. The molecule has 0 atom stereocenters. The lowest BCUT2D eigenvalue weighted by Gasteiger charge is -1.89. The lowest BCUT2D eigenvalue weighted by molar-refractivity contribution is 0.857. The fraction of sp³-hybridized carbons (Fsp3) is 0.333. The van der Waals surface area contributed by atoms with Crippen LogP contribution in [0.15, 0.2) is 11.6 Å². The molecule has 1 N–H and O–H groups in total. The molecule has 0 aliphatic carbocycles. The molecule has 0 aromatic carbocycles. The molecule has 5 nitrogen and oxygen atoms in total. The number of rotatable bonds is 3. The maximum absolute atomic E-state index is 4.15. The molecule has 2 rings (SSSR count). The number of aryl methyl sites for hydroxylation is 2. The average Bonchev–Trinajstić information content (AvgIpc) is 2.74. The quantitative estimate of drug-likeness (QED) is 0.746. The molecule has 2 aromatic rings. The van der Waals surface area contributed by atoms with E-state index in [9.17, 15) is 0 Å². The van der Waals surface area contributed by atoms with E-state index in [4.69, 9.17) is 0 Å². The molecule has 0 aliphatic rings. The fourth-order valence-electron chi connectivity index (χ4n) is 0.884. The van der Waals surface area contributed by atoms with Crippen LogP contribution in [0.25, 0.3) is 0 Å². The molecule has 0 fully saturated rings. The molecule has 0 unspecified atom stereocenters. The number of nitrogens with one attached hydrogen (secondary N) is 1. The SMILES string of the molecule is c1csc(CCc2nn[nH]n2)n1. The summed E-state index contributed by atoms with van der Waals surface area (Å²) in [7, 11) is 0. The highest BCUT2D eigenvalue weighted by Gasteiger charge is 2.00. The molecule has 2 aromatic heterocycles. The van der Waals surface area contributed by atoms with Crippen molar-refractivity contribution in [3.8, 4) is 0 Å². The van der Waals surface area contributed by atoms with Crippen LogP contribution < -0.4 is 0 Å². The summed E-state index contributed by atoms with van der Waals surface area (Å²) in [6, 6.07) is 0. The monoisotopic (exact) mass is 181 g/mol. The average molecular weight is 181 g/mol. The van der Waals surface area contributed by atoms with Crippen LogP contribution in [0.2, 0.25) is 0 Å². The number of aromatic amines is 1. The van der Waals surface area contributed by atoms with Gasteiger partial charge in [0.2, 0.25) is 0 Å². The van der Waals surface area contributed by atoms with E-state index < -0.39 is 0 Å². The number of nitrogens with zero attached hydrogens (tertiary/aromatic N) is 4. The molecular weight excluding hydrogens is 174 g/mol. The third-order valence-corrected chi connectivity index (χ3v) is 2.27. The molecule has 0 amide bonds. The summed E-state index contributed by atoms with van der Waals surface area (Å²) < 4.78 is 0. The Morgan fingerprint density at radius 1 is 1.42 bits per heavy atom. The second-order valence-electron chi connectivity index (χ2n) is 2.25. The van der Waals surface area contributed by atoms with E-state index in [0.29, 0.717) is 0 Å². The minimum absolute atomic E-state index is 0.741. The third kappa shape index (κ3) is 1.65. The molecule has 0 spiro atoms. The third-order valence-electron chi connectivity index (χ3n) is 1.44. The molecule has 0 bridgehead atoms. The van der Waals surface area contributed by atoms with Gasteiger partial charge in [0, 0.05) is 24.4 Å². The molecule has 2 heterocycles. The first kappa shape index (κ1) is 7.35. The summed E-state index contributed by atoms with van der Waals surface area (Å²) in [5.41, 5.74) is 0. The highest BCUT2D eigenvalue weighted by Crippen LogP contribution is 2.06. The summed E-state index contributed by atoms with van der Waals surface area (Å²) in [4.78, 5) is 4.15. The Morgan fingerprint density at radius 2 is 2.42 bits per heavy atom. The highest BCUT2D eigenvalue weighted by molar-refractivity contribution is 7.09. The van der Waals surface area contributed by atoms with Crippen molar-refractivity contribution in [1.29, 1.82) is 0 Å². The lowest BCUT2D eigenvalue weighted by Crippen LogP contribution is -1.92. The molecule has 12 heavy (non-hydrogen) atoms. The molecule has 6 heteroatoms. The minimum Gasteiger partial charge on any atom is -0.250 e. The van der Waals surface area contributed by atoms with E-state index in [1.807, 2.05) is 5.38 Å². The van der Waals surface area contributed by atoms with Gasteiger partial charge in [-0.15, -0.1) is 21.5 Å². The first-order chi connectivity index (χ1) is 5.95. The summed E-state index contributed by atoms with van der Waals surface area (Å²) in [5, 5.41) is 16.6. The highest BCUT2D eigenvalue weighted by atomic mass is 32.1. The molecule has 0 aliphatic heterocycles. The van der Waals surface area contributed by atoms with Gasteiger partial charge in [-0.1, -0.05) is 5.21 Å². The van der Waals surface area contributed by atoms with Gasteiger partial charge in [0.1, 0.15) is 0 Å². The van der Waals surface area contributed by atoms with Crippen LogP contribution >= 0.6 is 11.3 Å². The summed E-state index contributed by atoms with van der Waals surface area (Å²) in [5.74, 6) is 0.741. The van der Waals surface area contributed by atoms with Gasteiger partial charge in [-0.25, -0.2) is 4.98 Å². The second kappa shape index (κ2) is 3.40. The van der Waals surface area contributed by atoms with Gasteiger partial charge in [0.15, 0.2) is 5.82 Å². The Labute approximate surface area is 72.9 Å². The molecule has 0 saturated carbocycles. The van der Waals surface area contributed by atoms with E-state index in [1.54, 1.807) is 17.5 Å². The van der Waals surface area contributed by atoms with Gasteiger partial charge in [-0.05, 0) is 0 Å². The molecule has 0 saturated heterocycles. The van der Waals surface area contributed by atoms with Gasteiger partial charge in [-0.2, -0.15) is 5.21 Å². The number of H-pyrrole nitrogens is 1. The lowest BCUT2D eigenvalue weighted by atomic mass is 10.3. The zero-order valence-corrected chi connectivity index (χ0v) is 7.08. The number of thiazole rings is 1. The van der Waals surface area contributed by atoms with Crippen molar-refractivity contribution < 1.29 is 0 Å². The van der Waals surface area contributed by atoms with Crippen LogP contribution in [0.3, 0.4) is 0 Å². The van der Waals surface area contributed by atoms with Crippen molar-refractivity contribution in [2.75, 3.05) is 0 Å². The van der Waals surface area contributed by atoms with Crippen LogP contribution in [0, 0.1) is 0 Å². The predicted molar refractivity (Wildman–Crippen MR) is 43.7 cm³/mol. The van der Waals surface area contributed by atoms with Gasteiger partial charge in [0.25, 0.3) is 0 Å². The van der Waals surface area contributed by atoms with Crippen LogP contribution in [0.5, 0.6) is 0 Å². The number of hydrogen-bond acceptors (Lipinski definition) is 5. The summed E-state index contributed by atoms with van der Waals surface area (Å²) in [6.45, 7) is 0. The first-order valence-electron chi connectivity index (χ1n) is 3.56. The van der Waals surface area contributed by atoms with E-state index in [-0.39, 0.29) is 0 Å². The van der Waals surface area contributed by atoms with Crippen molar-refractivity contribution in [1.82, 2.24) is 25.6 Å². The Balaban J connectivity index is 1.91. The Kier molecular flexibility index (Phi) is 2.08. The maximum atomic E-state index is 4.15. The molecule has 62 valence electrons. The van der Waals surface area contributed by atoms with E-state index in [1.165, 1.54) is 0 Å². The summed E-state index contributed by atoms with van der Waals surface area (Å²) >= 11 is 1.65. The number of tetrazole rings is 1. The van der Waals surface area contributed by atoms with Crippen LogP contribution in [-0.4, -0.2) is 25.6 Å².